The van der Waals surface area contributed by atoms with E-state index in [1.165, 1.54) is 85.4 Å². The molecular weight excluding hydrogens is 781 g/mol. The normalized spacial score (nSPS) is 12.1. The summed E-state index contributed by atoms with van der Waals surface area (Å²) in [4.78, 5) is 5.21. The Balaban J connectivity index is 1.10. The molecule has 0 fully saturated rings. The molecule has 0 saturated carbocycles. The van der Waals surface area contributed by atoms with Crippen LogP contribution in [0.25, 0.3) is 77.2 Å². The molecule has 0 spiro atoms. The van der Waals surface area contributed by atoms with Crippen LogP contribution < -0.4 is 0 Å². The fourth-order valence-electron chi connectivity index (χ4n) is 9.99. The van der Waals surface area contributed by atoms with Gasteiger partial charge in [0, 0.05) is 52.5 Å². The Bertz CT molecular complexity index is 3510. The summed E-state index contributed by atoms with van der Waals surface area (Å²) >= 11 is 0. The van der Waals surface area contributed by atoms with Gasteiger partial charge in [-0.1, -0.05) is 170 Å². The fourth-order valence-corrected chi connectivity index (χ4v) is 13.9. The molecule has 0 N–H and O–H groups in total. The highest BCUT2D eigenvalue weighted by Crippen LogP contribution is 2.73. The van der Waals surface area contributed by atoms with Gasteiger partial charge >= 0.3 is 0 Å². The van der Waals surface area contributed by atoms with Gasteiger partial charge in [-0.2, -0.15) is 0 Å². The summed E-state index contributed by atoms with van der Waals surface area (Å²) in [5.74, 6) is 0. The first-order valence-corrected chi connectivity index (χ1v) is 23.2. The Morgan fingerprint density at radius 1 is 0.254 bits per heavy atom. The summed E-state index contributed by atoms with van der Waals surface area (Å²) in [5, 5.41) is 4.96. The third-order valence-electron chi connectivity index (χ3n) is 12.6. The number of nitrogens with zero attached hydrogens (tertiary/aromatic N) is 2. The molecule has 3 heteroatoms. The first-order valence-electron chi connectivity index (χ1n) is 21.6. The Morgan fingerprint density at radius 2 is 0.698 bits per heavy atom. The number of aromatic nitrogens is 2. The summed E-state index contributed by atoms with van der Waals surface area (Å²) < 4.78 is 4.95. The number of para-hydroxylation sites is 2. The van der Waals surface area contributed by atoms with Crippen molar-refractivity contribution in [1.82, 2.24) is 9.13 Å². The van der Waals surface area contributed by atoms with E-state index in [1.807, 2.05) is 0 Å². The number of rotatable bonds is 8. The van der Waals surface area contributed by atoms with Gasteiger partial charge in [-0.3, -0.25) is 0 Å². The van der Waals surface area contributed by atoms with E-state index in [0.29, 0.717) is 0 Å². The maximum absolute atomic E-state index is 2.48. The van der Waals surface area contributed by atoms with E-state index in [0.717, 1.165) is 11.4 Å². The largest absolute Gasteiger partial charge is 0.309 e. The van der Waals surface area contributed by atoms with Gasteiger partial charge in [0.1, 0.15) is 0 Å². The van der Waals surface area contributed by atoms with Gasteiger partial charge in [0.05, 0.1) is 22.1 Å². The van der Waals surface area contributed by atoms with Crippen LogP contribution in [0.1, 0.15) is 0 Å². The smallest absolute Gasteiger partial charge is 0.0561 e. The Hall–Kier alpha value is -7.85. The van der Waals surface area contributed by atoms with Crippen molar-refractivity contribution in [1.29, 1.82) is 0 Å². The van der Waals surface area contributed by atoms with Crippen LogP contribution in [0.4, 0.5) is 0 Å². The number of benzene rings is 10. The van der Waals surface area contributed by atoms with Crippen LogP contribution in [0, 0.1) is 0 Å². The zero-order valence-electron chi connectivity index (χ0n) is 34.6. The lowest BCUT2D eigenvalue weighted by Gasteiger charge is -2.42. The molecule has 0 saturated heterocycles. The SMILES string of the molecule is c1ccc(-c2ccccc2-c2cccc3c2c2ccccc2n3-c2ccc3c4ccccc4n(-c4cccc(S(c5ccccc5)(c5ccccc5)c5ccccc5)c4)c3c2)cc1. The van der Waals surface area contributed by atoms with Crippen LogP contribution in [0.15, 0.2) is 274 Å². The quantitative estimate of drug-likeness (QED) is 0.144. The highest BCUT2D eigenvalue weighted by Gasteiger charge is 2.33. The maximum Gasteiger partial charge on any atom is 0.0561 e. The lowest BCUT2D eigenvalue weighted by molar-refractivity contribution is 1.14. The maximum atomic E-state index is 2.48. The first-order chi connectivity index (χ1) is 31.3. The molecular formula is C60H42N2S. The van der Waals surface area contributed by atoms with E-state index in [2.05, 4.69) is 264 Å². The van der Waals surface area contributed by atoms with Crippen LogP contribution in [-0.2, 0) is 0 Å². The van der Waals surface area contributed by atoms with Crippen LogP contribution in [-0.4, -0.2) is 9.13 Å². The monoisotopic (exact) mass is 822 g/mol. The fraction of sp³-hybridized carbons (Fsp3) is 0. The number of hydrogen-bond donors (Lipinski definition) is 0. The Labute approximate surface area is 368 Å². The molecule has 0 bridgehead atoms. The average Bonchev–Trinajstić information content (AvgIpc) is 3.88. The minimum atomic E-state index is -1.89. The topological polar surface area (TPSA) is 9.86 Å². The highest BCUT2D eigenvalue weighted by molar-refractivity contribution is 8.34. The average molecular weight is 823 g/mol. The van der Waals surface area contributed by atoms with Gasteiger partial charge in [-0.15, -0.1) is 10.0 Å². The Kier molecular flexibility index (Phi) is 8.95. The van der Waals surface area contributed by atoms with Gasteiger partial charge < -0.3 is 9.13 Å². The molecule has 63 heavy (non-hydrogen) atoms. The van der Waals surface area contributed by atoms with Crippen molar-refractivity contribution in [2.45, 2.75) is 19.6 Å². The van der Waals surface area contributed by atoms with E-state index in [-0.39, 0.29) is 0 Å². The summed E-state index contributed by atoms with van der Waals surface area (Å²) in [6.45, 7) is 0. The molecule has 10 aromatic carbocycles. The molecule has 0 aliphatic carbocycles. The molecule has 0 atom stereocenters. The zero-order valence-corrected chi connectivity index (χ0v) is 35.4. The molecule has 0 aliphatic heterocycles. The van der Waals surface area contributed by atoms with Crippen molar-refractivity contribution >= 4 is 53.6 Å². The molecule has 2 aromatic heterocycles. The van der Waals surface area contributed by atoms with E-state index in [9.17, 15) is 0 Å². The second-order valence-electron chi connectivity index (χ2n) is 16.1. The van der Waals surface area contributed by atoms with Crippen LogP contribution in [0.3, 0.4) is 0 Å². The molecule has 2 heterocycles. The predicted octanol–water partition coefficient (Wildman–Crippen LogP) is 16.6. The lowest BCUT2D eigenvalue weighted by atomic mass is 9.92. The van der Waals surface area contributed by atoms with E-state index < -0.39 is 10.0 Å². The standard InChI is InChI=1S/C60H42N2S/c1-5-21-43(22-6-1)50-31-13-14-32-51(50)54-35-20-38-58-60(54)55-34-16-18-37-57(55)61(58)45-39-40-53-52-33-15-17-36-56(52)62(59(53)42-45)44-23-19-30-49(41-44)63(46-24-7-2-8-25-46,47-26-9-3-10-27-47)48-28-11-4-12-29-48/h1-42H. The zero-order chi connectivity index (χ0) is 41.7. The van der Waals surface area contributed by atoms with Crippen molar-refractivity contribution < 1.29 is 0 Å². The van der Waals surface area contributed by atoms with Crippen molar-refractivity contribution in [2.75, 3.05) is 0 Å². The van der Waals surface area contributed by atoms with Crippen LogP contribution in [0.2, 0.25) is 0 Å². The third-order valence-corrected chi connectivity index (χ3v) is 16.5. The molecule has 298 valence electrons. The van der Waals surface area contributed by atoms with Crippen LogP contribution >= 0.6 is 10.0 Å². The van der Waals surface area contributed by atoms with Gasteiger partial charge in [0.15, 0.2) is 0 Å². The van der Waals surface area contributed by atoms with Crippen molar-refractivity contribution in [3.05, 3.63) is 255 Å². The number of hydrogen-bond acceptors (Lipinski definition) is 0. The second-order valence-corrected chi connectivity index (χ2v) is 19.2. The predicted molar refractivity (Wildman–Crippen MR) is 266 cm³/mol. The van der Waals surface area contributed by atoms with Crippen LogP contribution in [0.5, 0.6) is 0 Å². The van der Waals surface area contributed by atoms with Gasteiger partial charge in [0.25, 0.3) is 0 Å². The minimum absolute atomic E-state index is 1.13. The van der Waals surface area contributed by atoms with Crippen molar-refractivity contribution in [3.8, 4) is 33.6 Å². The van der Waals surface area contributed by atoms with E-state index in [1.54, 1.807) is 0 Å². The molecule has 12 aromatic rings. The van der Waals surface area contributed by atoms with Gasteiger partial charge in [-0.05, 0) is 107 Å². The molecule has 0 amide bonds. The van der Waals surface area contributed by atoms with Crippen molar-refractivity contribution in [2.24, 2.45) is 0 Å². The second kappa shape index (κ2) is 15.3. The van der Waals surface area contributed by atoms with Crippen molar-refractivity contribution in [3.63, 3.8) is 0 Å². The molecule has 0 radical (unpaired) electrons. The molecule has 2 nitrogen and oxygen atoms in total. The lowest BCUT2D eigenvalue weighted by Crippen LogP contribution is -2.06. The molecule has 0 unspecified atom stereocenters. The van der Waals surface area contributed by atoms with E-state index >= 15 is 0 Å². The molecule has 0 aliphatic rings. The highest BCUT2D eigenvalue weighted by atomic mass is 32.3. The molecule has 12 rings (SSSR count). The van der Waals surface area contributed by atoms with E-state index in [4.69, 9.17) is 0 Å². The van der Waals surface area contributed by atoms with Gasteiger partial charge in [-0.25, -0.2) is 0 Å². The summed E-state index contributed by atoms with van der Waals surface area (Å²) in [6, 6.07) is 93.8. The third kappa shape index (κ3) is 5.89. The van der Waals surface area contributed by atoms with Gasteiger partial charge in [0.2, 0.25) is 0 Å². The summed E-state index contributed by atoms with van der Waals surface area (Å²) in [6.07, 6.45) is 0. The summed E-state index contributed by atoms with van der Waals surface area (Å²) in [7, 11) is -1.89. The number of fused-ring (bicyclic) bond motifs is 6. The minimum Gasteiger partial charge on any atom is -0.309 e. The first kappa shape index (κ1) is 37.0. The summed E-state index contributed by atoms with van der Waals surface area (Å²) in [5.41, 5.74) is 11.9. The Morgan fingerprint density at radius 3 is 1.37 bits per heavy atom.